The van der Waals surface area contributed by atoms with Crippen LogP contribution in [0.2, 0.25) is 0 Å². The summed E-state index contributed by atoms with van der Waals surface area (Å²) in [5.41, 5.74) is 0.288. The van der Waals surface area contributed by atoms with Crippen LogP contribution in [0.4, 0.5) is 4.79 Å². The molecule has 2 N–H and O–H groups in total. The van der Waals surface area contributed by atoms with Crippen molar-refractivity contribution in [1.82, 2.24) is 10.2 Å². The Morgan fingerprint density at radius 1 is 1.44 bits per heavy atom. The monoisotopic (exact) mass is 254 g/mol. The van der Waals surface area contributed by atoms with Crippen molar-refractivity contribution in [2.75, 3.05) is 19.6 Å². The zero-order chi connectivity index (χ0) is 13.2. The molecule has 0 spiro atoms. The fourth-order valence-corrected chi connectivity index (χ4v) is 2.79. The molecule has 5 nitrogen and oxygen atoms in total. The number of rotatable bonds is 4. The van der Waals surface area contributed by atoms with Crippen LogP contribution in [0.15, 0.2) is 0 Å². The molecule has 2 fully saturated rings. The van der Waals surface area contributed by atoms with Crippen LogP contribution in [0.25, 0.3) is 0 Å². The van der Waals surface area contributed by atoms with Gasteiger partial charge in [0.05, 0.1) is 0 Å². The minimum atomic E-state index is -0.774. The van der Waals surface area contributed by atoms with Crippen molar-refractivity contribution in [2.24, 2.45) is 11.3 Å². The van der Waals surface area contributed by atoms with Gasteiger partial charge in [-0.2, -0.15) is 0 Å². The molecule has 1 unspecified atom stereocenters. The summed E-state index contributed by atoms with van der Waals surface area (Å²) in [4.78, 5) is 24.3. The quantitative estimate of drug-likeness (QED) is 0.802. The third-order valence-corrected chi connectivity index (χ3v) is 4.26. The normalized spacial score (nSPS) is 25.6. The second-order valence-corrected chi connectivity index (χ2v) is 6.02. The summed E-state index contributed by atoms with van der Waals surface area (Å²) in [5.74, 6) is -0.656. The van der Waals surface area contributed by atoms with Crippen LogP contribution >= 0.6 is 0 Å². The lowest BCUT2D eigenvalue weighted by Crippen LogP contribution is -2.45. The lowest BCUT2D eigenvalue weighted by Gasteiger charge is -2.38. The fraction of sp³-hybridized carbons (Fsp3) is 0.846. The Kier molecular flexibility index (Phi) is 3.78. The molecule has 0 aromatic carbocycles. The second-order valence-electron chi connectivity index (χ2n) is 6.02. The summed E-state index contributed by atoms with van der Waals surface area (Å²) >= 11 is 0. The first-order valence-corrected chi connectivity index (χ1v) is 6.73. The van der Waals surface area contributed by atoms with E-state index < -0.39 is 5.97 Å². The van der Waals surface area contributed by atoms with Crippen molar-refractivity contribution in [3.8, 4) is 0 Å². The molecule has 5 heteroatoms. The van der Waals surface area contributed by atoms with Crippen LogP contribution in [-0.4, -0.2) is 41.6 Å². The fourth-order valence-electron chi connectivity index (χ4n) is 2.79. The molecule has 2 aliphatic rings. The molecule has 1 aliphatic heterocycles. The number of amides is 2. The van der Waals surface area contributed by atoms with Crippen LogP contribution in [-0.2, 0) is 4.79 Å². The van der Waals surface area contributed by atoms with Gasteiger partial charge in [-0.3, -0.25) is 4.79 Å². The van der Waals surface area contributed by atoms with E-state index in [-0.39, 0.29) is 23.8 Å². The SMILES string of the molecule is CC1(CNC(=O)N2CCC(CC(=O)O)C2)CCC1. The van der Waals surface area contributed by atoms with Gasteiger partial charge in [-0.15, -0.1) is 0 Å². The molecule has 102 valence electrons. The van der Waals surface area contributed by atoms with Crippen LogP contribution in [0.3, 0.4) is 0 Å². The summed E-state index contributed by atoms with van der Waals surface area (Å²) in [6.07, 6.45) is 4.61. The predicted octanol–water partition coefficient (Wildman–Crippen LogP) is 1.68. The van der Waals surface area contributed by atoms with Crippen LogP contribution in [0.5, 0.6) is 0 Å². The molecule has 0 bridgehead atoms. The number of nitrogens with one attached hydrogen (secondary N) is 1. The van der Waals surface area contributed by atoms with Gasteiger partial charge in [0.2, 0.25) is 0 Å². The predicted molar refractivity (Wildman–Crippen MR) is 67.3 cm³/mol. The van der Waals surface area contributed by atoms with E-state index in [1.165, 1.54) is 19.3 Å². The van der Waals surface area contributed by atoms with Gasteiger partial charge in [0.25, 0.3) is 0 Å². The zero-order valence-corrected chi connectivity index (χ0v) is 10.9. The van der Waals surface area contributed by atoms with E-state index in [0.717, 1.165) is 13.0 Å². The van der Waals surface area contributed by atoms with Gasteiger partial charge in [-0.1, -0.05) is 13.3 Å². The molecule has 18 heavy (non-hydrogen) atoms. The number of aliphatic carboxylic acids is 1. The molecule has 0 aromatic rings. The molecular formula is C13H22N2O3. The number of carbonyl (C=O) groups is 2. The van der Waals surface area contributed by atoms with Gasteiger partial charge in [0, 0.05) is 26.1 Å². The largest absolute Gasteiger partial charge is 0.481 e. The Labute approximate surface area is 108 Å². The molecular weight excluding hydrogens is 232 g/mol. The molecule has 1 saturated heterocycles. The van der Waals surface area contributed by atoms with E-state index in [1.807, 2.05) is 0 Å². The third-order valence-electron chi connectivity index (χ3n) is 4.26. The molecule has 2 rings (SSSR count). The van der Waals surface area contributed by atoms with Gasteiger partial charge in [0.15, 0.2) is 0 Å². The van der Waals surface area contributed by atoms with E-state index in [4.69, 9.17) is 5.11 Å². The third kappa shape index (κ3) is 3.15. The van der Waals surface area contributed by atoms with Crippen molar-refractivity contribution in [3.05, 3.63) is 0 Å². The molecule has 1 saturated carbocycles. The number of hydrogen-bond donors (Lipinski definition) is 2. The lowest BCUT2D eigenvalue weighted by molar-refractivity contribution is -0.138. The minimum Gasteiger partial charge on any atom is -0.481 e. The molecule has 2 amide bonds. The highest BCUT2D eigenvalue weighted by molar-refractivity contribution is 5.74. The minimum absolute atomic E-state index is 0.0315. The molecule has 1 atom stereocenters. The van der Waals surface area contributed by atoms with Gasteiger partial charge < -0.3 is 15.3 Å². The molecule has 0 radical (unpaired) electrons. The standard InChI is InChI=1S/C13H22N2O3/c1-13(4-2-5-13)9-14-12(18)15-6-3-10(8-15)7-11(16)17/h10H,2-9H2,1H3,(H,14,18)(H,16,17). The van der Waals surface area contributed by atoms with Crippen LogP contribution < -0.4 is 5.32 Å². The number of hydrogen-bond acceptors (Lipinski definition) is 2. The van der Waals surface area contributed by atoms with E-state index in [1.54, 1.807) is 4.90 Å². The first kappa shape index (κ1) is 13.2. The highest BCUT2D eigenvalue weighted by Gasteiger charge is 2.33. The zero-order valence-electron chi connectivity index (χ0n) is 10.9. The van der Waals surface area contributed by atoms with Crippen molar-refractivity contribution in [1.29, 1.82) is 0 Å². The highest BCUT2D eigenvalue weighted by Crippen LogP contribution is 2.39. The van der Waals surface area contributed by atoms with Crippen molar-refractivity contribution in [2.45, 2.75) is 39.0 Å². The number of carbonyl (C=O) groups excluding carboxylic acids is 1. The number of carboxylic acids is 1. The summed E-state index contributed by atoms with van der Waals surface area (Å²) in [6, 6.07) is -0.0315. The number of urea groups is 1. The molecule has 0 aromatic heterocycles. The Hall–Kier alpha value is -1.26. The maximum atomic E-state index is 11.9. The molecule has 1 aliphatic carbocycles. The Morgan fingerprint density at radius 2 is 2.17 bits per heavy atom. The van der Waals surface area contributed by atoms with E-state index in [9.17, 15) is 9.59 Å². The van der Waals surface area contributed by atoms with Gasteiger partial charge in [0.1, 0.15) is 0 Å². The van der Waals surface area contributed by atoms with E-state index >= 15 is 0 Å². The summed E-state index contributed by atoms with van der Waals surface area (Å²) in [6.45, 7) is 4.20. The Balaban J connectivity index is 1.71. The van der Waals surface area contributed by atoms with E-state index in [0.29, 0.717) is 13.1 Å². The lowest BCUT2D eigenvalue weighted by atomic mass is 9.70. The number of carboxylic acid groups (broad SMARTS) is 1. The highest BCUT2D eigenvalue weighted by atomic mass is 16.4. The summed E-state index contributed by atoms with van der Waals surface area (Å²) in [7, 11) is 0. The number of nitrogens with zero attached hydrogens (tertiary/aromatic N) is 1. The van der Waals surface area contributed by atoms with E-state index in [2.05, 4.69) is 12.2 Å². The van der Waals surface area contributed by atoms with Crippen molar-refractivity contribution < 1.29 is 14.7 Å². The summed E-state index contributed by atoms with van der Waals surface area (Å²) in [5, 5.41) is 11.7. The van der Waals surface area contributed by atoms with Gasteiger partial charge in [-0.25, -0.2) is 4.79 Å². The Bertz CT molecular complexity index is 339. The number of likely N-dealkylation sites (tertiary alicyclic amines) is 1. The van der Waals surface area contributed by atoms with Gasteiger partial charge in [-0.05, 0) is 30.6 Å². The summed E-state index contributed by atoms with van der Waals surface area (Å²) < 4.78 is 0. The average Bonchev–Trinajstić information content (AvgIpc) is 2.70. The first-order valence-electron chi connectivity index (χ1n) is 6.73. The smallest absolute Gasteiger partial charge is 0.317 e. The topological polar surface area (TPSA) is 69.6 Å². The van der Waals surface area contributed by atoms with Gasteiger partial charge >= 0.3 is 12.0 Å². The van der Waals surface area contributed by atoms with Crippen molar-refractivity contribution in [3.63, 3.8) is 0 Å². The second kappa shape index (κ2) is 5.16. The Morgan fingerprint density at radius 3 is 2.72 bits per heavy atom. The van der Waals surface area contributed by atoms with Crippen molar-refractivity contribution >= 4 is 12.0 Å². The average molecular weight is 254 g/mol. The van der Waals surface area contributed by atoms with Crippen LogP contribution in [0.1, 0.15) is 39.0 Å². The maximum Gasteiger partial charge on any atom is 0.317 e. The molecule has 1 heterocycles. The first-order chi connectivity index (χ1) is 8.48. The maximum absolute atomic E-state index is 11.9. The van der Waals surface area contributed by atoms with Crippen LogP contribution in [0, 0.1) is 11.3 Å².